The third kappa shape index (κ3) is 3.55. The standard InChI is InChI=1S/C17H21N3O5S/c21-26(22,14-2-3-16-17(10-14)25-8-1-7-24-16)19-5-6-20-15-4-9-23-12-13(15)11-18-20/h2-3,10-11,19H,1,4-9,12H2. The molecule has 0 saturated carbocycles. The number of ether oxygens (including phenoxy) is 3. The van der Waals surface area contributed by atoms with Gasteiger partial charge in [0, 0.05) is 36.7 Å². The molecule has 0 atom stereocenters. The second kappa shape index (κ2) is 7.26. The van der Waals surface area contributed by atoms with Gasteiger partial charge in [-0.05, 0) is 12.1 Å². The van der Waals surface area contributed by atoms with Crippen molar-refractivity contribution in [3.05, 3.63) is 35.7 Å². The van der Waals surface area contributed by atoms with Crippen LogP contribution in [0.2, 0.25) is 0 Å². The molecule has 0 aliphatic carbocycles. The molecule has 2 aliphatic rings. The van der Waals surface area contributed by atoms with Crippen LogP contribution < -0.4 is 14.2 Å². The molecule has 1 N–H and O–H groups in total. The molecule has 0 radical (unpaired) electrons. The quantitative estimate of drug-likeness (QED) is 0.836. The summed E-state index contributed by atoms with van der Waals surface area (Å²) >= 11 is 0. The average Bonchev–Trinajstić information content (AvgIpc) is 2.90. The van der Waals surface area contributed by atoms with E-state index in [1.807, 2.05) is 4.68 Å². The van der Waals surface area contributed by atoms with Gasteiger partial charge in [0.25, 0.3) is 0 Å². The van der Waals surface area contributed by atoms with Crippen LogP contribution >= 0.6 is 0 Å². The van der Waals surface area contributed by atoms with Crippen molar-refractivity contribution in [1.29, 1.82) is 0 Å². The van der Waals surface area contributed by atoms with Crippen molar-refractivity contribution < 1.29 is 22.6 Å². The van der Waals surface area contributed by atoms with E-state index in [1.165, 1.54) is 12.1 Å². The zero-order valence-corrected chi connectivity index (χ0v) is 15.1. The highest BCUT2D eigenvalue weighted by atomic mass is 32.2. The van der Waals surface area contributed by atoms with E-state index in [0.717, 1.165) is 24.1 Å². The van der Waals surface area contributed by atoms with Crippen LogP contribution in [0.25, 0.3) is 0 Å². The maximum Gasteiger partial charge on any atom is 0.240 e. The predicted octanol–water partition coefficient (Wildman–Crippen LogP) is 1.10. The molecule has 3 heterocycles. The van der Waals surface area contributed by atoms with Gasteiger partial charge in [0.1, 0.15) is 0 Å². The summed E-state index contributed by atoms with van der Waals surface area (Å²) in [6.07, 6.45) is 3.35. The van der Waals surface area contributed by atoms with E-state index in [-0.39, 0.29) is 11.4 Å². The van der Waals surface area contributed by atoms with E-state index in [0.29, 0.717) is 44.5 Å². The molecule has 0 bridgehead atoms. The molecule has 140 valence electrons. The van der Waals surface area contributed by atoms with Crippen molar-refractivity contribution in [2.75, 3.05) is 26.4 Å². The molecule has 4 rings (SSSR count). The van der Waals surface area contributed by atoms with Crippen LogP contribution in [0.5, 0.6) is 11.5 Å². The lowest BCUT2D eigenvalue weighted by molar-refractivity contribution is 0.109. The first-order valence-corrected chi connectivity index (χ1v) is 10.1. The second-order valence-electron chi connectivity index (χ2n) is 6.20. The van der Waals surface area contributed by atoms with Gasteiger partial charge in [0.2, 0.25) is 10.0 Å². The SMILES string of the molecule is O=S(=O)(NCCn1ncc2c1CCOC2)c1ccc2c(c1)OCCCO2. The van der Waals surface area contributed by atoms with Crippen LogP contribution in [0.3, 0.4) is 0 Å². The third-order valence-corrected chi connectivity index (χ3v) is 5.88. The summed E-state index contributed by atoms with van der Waals surface area (Å²) in [6, 6.07) is 4.68. The number of benzene rings is 1. The summed E-state index contributed by atoms with van der Waals surface area (Å²) in [4.78, 5) is 0.164. The first-order chi connectivity index (χ1) is 12.6. The van der Waals surface area contributed by atoms with Crippen LogP contribution in [0.15, 0.2) is 29.3 Å². The van der Waals surface area contributed by atoms with Gasteiger partial charge >= 0.3 is 0 Å². The molecule has 26 heavy (non-hydrogen) atoms. The van der Waals surface area contributed by atoms with Crippen LogP contribution in [0.4, 0.5) is 0 Å². The smallest absolute Gasteiger partial charge is 0.240 e. The number of sulfonamides is 1. The van der Waals surface area contributed by atoms with Crippen molar-refractivity contribution in [1.82, 2.24) is 14.5 Å². The third-order valence-electron chi connectivity index (χ3n) is 4.42. The number of nitrogens with one attached hydrogen (secondary N) is 1. The number of hydrogen-bond donors (Lipinski definition) is 1. The van der Waals surface area contributed by atoms with Gasteiger partial charge in [-0.25, -0.2) is 13.1 Å². The first-order valence-electron chi connectivity index (χ1n) is 8.64. The molecule has 0 amide bonds. The molecule has 9 heteroatoms. The number of aromatic nitrogens is 2. The number of fused-ring (bicyclic) bond motifs is 2. The van der Waals surface area contributed by atoms with Gasteiger partial charge in [0.05, 0.1) is 44.1 Å². The van der Waals surface area contributed by atoms with E-state index < -0.39 is 10.0 Å². The molecular weight excluding hydrogens is 358 g/mol. The van der Waals surface area contributed by atoms with E-state index in [4.69, 9.17) is 14.2 Å². The Morgan fingerprint density at radius 2 is 2.00 bits per heavy atom. The Labute approximate surface area is 152 Å². The van der Waals surface area contributed by atoms with Crippen LogP contribution in [-0.2, 0) is 34.3 Å². The summed E-state index contributed by atoms with van der Waals surface area (Å²) in [5.41, 5.74) is 2.19. The Hall–Kier alpha value is -2.10. The molecule has 2 aromatic rings. The normalized spacial score (nSPS) is 16.8. The fourth-order valence-electron chi connectivity index (χ4n) is 3.08. The van der Waals surface area contributed by atoms with Gasteiger partial charge < -0.3 is 14.2 Å². The molecule has 0 saturated heterocycles. The molecule has 0 spiro atoms. The Morgan fingerprint density at radius 3 is 2.88 bits per heavy atom. The summed E-state index contributed by atoms with van der Waals surface area (Å²) in [5, 5.41) is 4.32. The summed E-state index contributed by atoms with van der Waals surface area (Å²) in [5.74, 6) is 1.04. The van der Waals surface area contributed by atoms with Gasteiger partial charge in [0.15, 0.2) is 11.5 Å². The number of rotatable bonds is 5. The lowest BCUT2D eigenvalue weighted by atomic mass is 10.2. The molecule has 0 unspecified atom stereocenters. The first kappa shape index (κ1) is 17.3. The minimum Gasteiger partial charge on any atom is -0.490 e. The molecule has 8 nitrogen and oxygen atoms in total. The molecule has 0 fully saturated rings. The zero-order chi connectivity index (χ0) is 18.0. The highest BCUT2D eigenvalue weighted by Gasteiger charge is 2.19. The maximum atomic E-state index is 12.6. The van der Waals surface area contributed by atoms with E-state index in [1.54, 1.807) is 12.3 Å². The lowest BCUT2D eigenvalue weighted by Gasteiger charge is -2.15. The van der Waals surface area contributed by atoms with Crippen molar-refractivity contribution in [2.24, 2.45) is 0 Å². The monoisotopic (exact) mass is 379 g/mol. The van der Waals surface area contributed by atoms with Gasteiger partial charge in [-0.15, -0.1) is 0 Å². The summed E-state index contributed by atoms with van der Waals surface area (Å²) in [6.45, 7) is 3.04. The fourth-order valence-corrected chi connectivity index (χ4v) is 4.12. The largest absolute Gasteiger partial charge is 0.490 e. The summed E-state index contributed by atoms with van der Waals surface area (Å²) < 4.78 is 46.1. The Kier molecular flexibility index (Phi) is 4.84. The Bertz CT molecular complexity index is 894. The predicted molar refractivity (Wildman–Crippen MR) is 92.8 cm³/mol. The zero-order valence-electron chi connectivity index (χ0n) is 14.3. The van der Waals surface area contributed by atoms with Gasteiger partial charge in [-0.1, -0.05) is 0 Å². The second-order valence-corrected chi connectivity index (χ2v) is 7.97. The minimum absolute atomic E-state index is 0.164. The minimum atomic E-state index is -3.63. The van der Waals surface area contributed by atoms with E-state index in [9.17, 15) is 8.42 Å². The van der Waals surface area contributed by atoms with Crippen LogP contribution in [-0.4, -0.2) is 44.6 Å². The summed E-state index contributed by atoms with van der Waals surface area (Å²) in [7, 11) is -3.63. The van der Waals surface area contributed by atoms with Crippen molar-refractivity contribution in [3.8, 4) is 11.5 Å². The highest BCUT2D eigenvalue weighted by molar-refractivity contribution is 7.89. The maximum absolute atomic E-state index is 12.6. The van der Waals surface area contributed by atoms with Crippen LogP contribution in [0, 0.1) is 0 Å². The molecule has 1 aromatic carbocycles. The molecule has 1 aromatic heterocycles. The number of nitrogens with zero attached hydrogens (tertiary/aromatic N) is 2. The van der Waals surface area contributed by atoms with E-state index in [2.05, 4.69) is 9.82 Å². The van der Waals surface area contributed by atoms with E-state index >= 15 is 0 Å². The van der Waals surface area contributed by atoms with Crippen molar-refractivity contribution in [3.63, 3.8) is 0 Å². The van der Waals surface area contributed by atoms with Gasteiger partial charge in [-0.3, -0.25) is 4.68 Å². The van der Waals surface area contributed by atoms with Crippen LogP contribution in [0.1, 0.15) is 17.7 Å². The molecule has 2 aliphatic heterocycles. The number of hydrogen-bond acceptors (Lipinski definition) is 6. The van der Waals surface area contributed by atoms with Crippen molar-refractivity contribution in [2.45, 2.75) is 30.9 Å². The Morgan fingerprint density at radius 1 is 1.15 bits per heavy atom. The Balaban J connectivity index is 1.43. The average molecular weight is 379 g/mol. The van der Waals surface area contributed by atoms with Crippen molar-refractivity contribution >= 4 is 10.0 Å². The fraction of sp³-hybridized carbons (Fsp3) is 0.471. The highest BCUT2D eigenvalue weighted by Crippen LogP contribution is 2.31. The molecular formula is C17H21N3O5S. The topological polar surface area (TPSA) is 91.7 Å². The lowest BCUT2D eigenvalue weighted by Crippen LogP contribution is -2.28. The van der Waals surface area contributed by atoms with Gasteiger partial charge in [-0.2, -0.15) is 5.10 Å².